The second-order valence-corrected chi connectivity index (χ2v) is 3.86. The lowest BCUT2D eigenvalue weighted by Crippen LogP contribution is -2.09. The number of nitrogens with zero attached hydrogens (tertiary/aromatic N) is 1. The topological polar surface area (TPSA) is 66.0 Å². The zero-order chi connectivity index (χ0) is 10.8. The number of H-pyrrole nitrogens is 1. The minimum absolute atomic E-state index is 0.179. The normalized spacial score (nSPS) is 10.2. The van der Waals surface area contributed by atoms with E-state index in [0.717, 1.165) is 4.47 Å². The van der Waals surface area contributed by atoms with Gasteiger partial charge < -0.3 is 10.1 Å². The Balaban J connectivity index is 2.69. The largest absolute Gasteiger partial charge is 0.493 e. The van der Waals surface area contributed by atoms with E-state index in [2.05, 4.69) is 25.9 Å². The van der Waals surface area contributed by atoms with Crippen molar-refractivity contribution in [1.82, 2.24) is 9.97 Å². The summed E-state index contributed by atoms with van der Waals surface area (Å²) in [7, 11) is 0. The van der Waals surface area contributed by atoms with Gasteiger partial charge in [0.2, 0.25) is 5.88 Å². The van der Waals surface area contributed by atoms with Gasteiger partial charge in [-0.3, -0.25) is 4.79 Å². The number of rotatable bonds is 1. The molecule has 1 heterocycles. The van der Waals surface area contributed by atoms with Gasteiger partial charge in [0.25, 0.3) is 5.56 Å². The highest BCUT2D eigenvalue weighted by atomic mass is 79.9. The van der Waals surface area contributed by atoms with Crippen molar-refractivity contribution in [1.29, 1.82) is 0 Å². The predicted molar refractivity (Wildman–Crippen MR) is 59.7 cm³/mol. The Morgan fingerprint density at radius 1 is 1.40 bits per heavy atom. The highest BCUT2D eigenvalue weighted by molar-refractivity contribution is 9.10. The van der Waals surface area contributed by atoms with E-state index in [9.17, 15) is 9.90 Å². The first kappa shape index (κ1) is 9.92. The molecule has 0 unspecified atom stereocenters. The molecule has 0 atom stereocenters. The molecule has 0 saturated heterocycles. The van der Waals surface area contributed by atoms with Crippen LogP contribution in [0, 0.1) is 0 Å². The molecule has 2 N–H and O–H groups in total. The predicted octanol–water partition coefficient (Wildman–Crippen LogP) is 1.90. The summed E-state index contributed by atoms with van der Waals surface area (Å²) < 4.78 is 0.836. The van der Waals surface area contributed by atoms with E-state index in [4.69, 9.17) is 0 Å². The van der Waals surface area contributed by atoms with Crippen molar-refractivity contribution in [2.75, 3.05) is 0 Å². The van der Waals surface area contributed by atoms with E-state index < -0.39 is 0 Å². The van der Waals surface area contributed by atoms with Crippen LogP contribution in [0.4, 0.5) is 0 Å². The summed E-state index contributed by atoms with van der Waals surface area (Å²) in [5.41, 5.74) is 0.440. The van der Waals surface area contributed by atoms with Gasteiger partial charge in [-0.15, -0.1) is 0 Å². The first-order valence-electron chi connectivity index (χ1n) is 4.21. The van der Waals surface area contributed by atoms with Crippen LogP contribution in [0.2, 0.25) is 0 Å². The van der Waals surface area contributed by atoms with Gasteiger partial charge in [-0.05, 0) is 17.7 Å². The van der Waals surface area contributed by atoms with E-state index in [1.807, 2.05) is 6.07 Å². The fraction of sp³-hybridized carbons (Fsp3) is 0. The van der Waals surface area contributed by atoms with Gasteiger partial charge in [0.1, 0.15) is 5.56 Å². The third-order valence-electron chi connectivity index (χ3n) is 1.95. The molecule has 0 amide bonds. The minimum Gasteiger partial charge on any atom is -0.493 e. The number of aromatic nitrogens is 2. The van der Waals surface area contributed by atoms with E-state index >= 15 is 0 Å². The van der Waals surface area contributed by atoms with Gasteiger partial charge >= 0.3 is 0 Å². The molecule has 0 spiro atoms. The van der Waals surface area contributed by atoms with Gasteiger partial charge in [-0.2, -0.15) is 0 Å². The molecule has 2 aromatic rings. The SMILES string of the molecule is O=c1[nH]cnc(O)c1-c1cccc(Br)c1. The summed E-state index contributed by atoms with van der Waals surface area (Å²) in [6, 6.07) is 7.10. The Morgan fingerprint density at radius 3 is 2.87 bits per heavy atom. The van der Waals surface area contributed by atoms with Crippen LogP contribution in [-0.2, 0) is 0 Å². The Hall–Kier alpha value is -1.62. The molecule has 5 heteroatoms. The van der Waals surface area contributed by atoms with E-state index in [1.54, 1.807) is 18.2 Å². The first-order valence-corrected chi connectivity index (χ1v) is 5.00. The summed E-state index contributed by atoms with van der Waals surface area (Å²) in [5.74, 6) is -0.267. The minimum atomic E-state index is -0.361. The number of nitrogens with one attached hydrogen (secondary N) is 1. The smallest absolute Gasteiger partial charge is 0.262 e. The average molecular weight is 267 g/mol. The highest BCUT2D eigenvalue weighted by Crippen LogP contribution is 2.24. The number of aromatic amines is 1. The van der Waals surface area contributed by atoms with Crippen LogP contribution in [-0.4, -0.2) is 15.1 Å². The molecule has 4 nitrogen and oxygen atoms in total. The van der Waals surface area contributed by atoms with Crippen molar-refractivity contribution >= 4 is 15.9 Å². The maximum absolute atomic E-state index is 11.5. The molecule has 2 rings (SSSR count). The molecule has 15 heavy (non-hydrogen) atoms. The van der Waals surface area contributed by atoms with Crippen LogP contribution in [0.1, 0.15) is 0 Å². The molecule has 0 bridgehead atoms. The van der Waals surface area contributed by atoms with Crippen molar-refractivity contribution in [3.05, 3.63) is 45.4 Å². The zero-order valence-corrected chi connectivity index (χ0v) is 9.15. The molecule has 0 fully saturated rings. The number of aromatic hydroxyl groups is 1. The third-order valence-corrected chi connectivity index (χ3v) is 2.44. The van der Waals surface area contributed by atoms with Gasteiger partial charge in [-0.25, -0.2) is 4.98 Å². The molecule has 0 saturated carbocycles. The van der Waals surface area contributed by atoms with Gasteiger partial charge in [0.15, 0.2) is 0 Å². The quantitative estimate of drug-likeness (QED) is 0.829. The van der Waals surface area contributed by atoms with Gasteiger partial charge in [-0.1, -0.05) is 28.1 Å². The van der Waals surface area contributed by atoms with Crippen molar-refractivity contribution in [3.63, 3.8) is 0 Å². The summed E-state index contributed by atoms with van der Waals surface area (Å²) in [4.78, 5) is 17.5. The zero-order valence-electron chi connectivity index (χ0n) is 7.57. The second-order valence-electron chi connectivity index (χ2n) is 2.94. The van der Waals surface area contributed by atoms with Crippen molar-refractivity contribution in [2.24, 2.45) is 0 Å². The van der Waals surface area contributed by atoms with Crippen LogP contribution >= 0.6 is 15.9 Å². The summed E-state index contributed by atoms with van der Waals surface area (Å²) >= 11 is 3.29. The van der Waals surface area contributed by atoms with Crippen molar-refractivity contribution in [3.8, 4) is 17.0 Å². The lowest BCUT2D eigenvalue weighted by molar-refractivity contribution is 0.453. The number of halogens is 1. The van der Waals surface area contributed by atoms with E-state index in [1.165, 1.54) is 6.33 Å². The fourth-order valence-electron chi connectivity index (χ4n) is 1.29. The molecule has 0 radical (unpaired) electrons. The van der Waals surface area contributed by atoms with Crippen LogP contribution < -0.4 is 5.56 Å². The van der Waals surface area contributed by atoms with Gasteiger partial charge in [0.05, 0.1) is 6.33 Å². The highest BCUT2D eigenvalue weighted by Gasteiger charge is 2.09. The Bertz CT molecular complexity index is 551. The standard InChI is InChI=1S/C10H7BrN2O2/c11-7-3-1-2-6(4-7)8-9(14)12-5-13-10(8)15/h1-5H,(H2,12,13,14,15). The summed E-state index contributed by atoms with van der Waals surface area (Å²) in [5, 5.41) is 9.49. The monoisotopic (exact) mass is 266 g/mol. The molecule has 1 aromatic heterocycles. The molecule has 1 aromatic carbocycles. The van der Waals surface area contributed by atoms with Crippen molar-refractivity contribution < 1.29 is 5.11 Å². The van der Waals surface area contributed by atoms with Crippen LogP contribution in [0.5, 0.6) is 5.88 Å². The first-order chi connectivity index (χ1) is 7.18. The van der Waals surface area contributed by atoms with Gasteiger partial charge in [0, 0.05) is 4.47 Å². The van der Waals surface area contributed by atoms with Crippen molar-refractivity contribution in [2.45, 2.75) is 0 Å². The number of hydrogen-bond donors (Lipinski definition) is 2. The molecule has 0 aliphatic carbocycles. The molecule has 0 aliphatic rings. The van der Waals surface area contributed by atoms with E-state index in [0.29, 0.717) is 5.56 Å². The summed E-state index contributed by atoms with van der Waals surface area (Å²) in [6.07, 6.45) is 1.17. The molecular formula is C10H7BrN2O2. The molecular weight excluding hydrogens is 260 g/mol. The number of benzene rings is 1. The Morgan fingerprint density at radius 2 is 2.20 bits per heavy atom. The fourth-order valence-corrected chi connectivity index (χ4v) is 1.69. The van der Waals surface area contributed by atoms with Crippen LogP contribution in [0.25, 0.3) is 11.1 Å². The summed E-state index contributed by atoms with van der Waals surface area (Å²) in [6.45, 7) is 0. The Kier molecular flexibility index (Phi) is 2.55. The lowest BCUT2D eigenvalue weighted by atomic mass is 10.1. The molecule has 0 aliphatic heterocycles. The Labute approximate surface area is 93.8 Å². The number of hydrogen-bond acceptors (Lipinski definition) is 3. The average Bonchev–Trinajstić information content (AvgIpc) is 2.17. The third kappa shape index (κ3) is 1.92. The lowest BCUT2D eigenvalue weighted by Gasteiger charge is -2.02. The maximum atomic E-state index is 11.5. The van der Waals surface area contributed by atoms with E-state index in [-0.39, 0.29) is 17.0 Å². The second kappa shape index (κ2) is 3.86. The maximum Gasteiger partial charge on any atom is 0.262 e. The van der Waals surface area contributed by atoms with Crippen LogP contribution in [0.3, 0.4) is 0 Å². The van der Waals surface area contributed by atoms with Crippen LogP contribution in [0.15, 0.2) is 39.9 Å². The molecule has 76 valence electrons.